The molecule has 0 fully saturated rings. The van der Waals surface area contributed by atoms with E-state index in [-0.39, 0.29) is 10.8 Å². The van der Waals surface area contributed by atoms with Gasteiger partial charge in [-0.25, -0.2) is 4.98 Å². The number of nitrogens with zero attached hydrogens (tertiary/aromatic N) is 4. The second kappa shape index (κ2) is 16.4. The van der Waals surface area contributed by atoms with E-state index >= 15 is 0 Å². The van der Waals surface area contributed by atoms with Gasteiger partial charge in [-0.3, -0.25) is 4.57 Å². The normalized spacial score (nSPS) is 12.6. The molecular weight excluding hydrogens is 817 g/mol. The maximum Gasteiger partial charge on any atom is 0.503 e. The van der Waals surface area contributed by atoms with Gasteiger partial charge in [-0.2, -0.15) is 0 Å². The number of hydrogen-bond acceptors (Lipinski definition) is 2. The number of para-hydroxylation sites is 2. The minimum Gasteiger partial charge on any atom is -0.457 e. The van der Waals surface area contributed by atoms with Crippen molar-refractivity contribution >= 4 is 50.6 Å². The van der Waals surface area contributed by atoms with Crippen molar-refractivity contribution in [3.05, 3.63) is 218 Å². The molecule has 8 aromatic carbocycles. The van der Waals surface area contributed by atoms with Gasteiger partial charge < -0.3 is 4.74 Å². The Balaban J connectivity index is 1.04. The lowest BCUT2D eigenvalue weighted by atomic mass is 9.86. The van der Waals surface area contributed by atoms with E-state index in [0.717, 1.165) is 73.2 Å². The minimum absolute atomic E-state index is 0.00322. The van der Waals surface area contributed by atoms with Gasteiger partial charge in [0.2, 0.25) is 11.4 Å². The first-order valence-electron chi connectivity index (χ1n) is 23.1. The van der Waals surface area contributed by atoms with Crippen LogP contribution in [0.15, 0.2) is 206 Å². The first kappa shape index (κ1) is 41.6. The van der Waals surface area contributed by atoms with E-state index in [1.807, 2.05) is 12.3 Å². The summed E-state index contributed by atoms with van der Waals surface area (Å²) >= 11 is 0. The molecule has 0 aliphatic carbocycles. The predicted octanol–water partition coefficient (Wildman–Crippen LogP) is 16.4. The number of fused-ring (bicyclic) bond motifs is 4. The zero-order valence-corrected chi connectivity index (χ0v) is 38.8. The summed E-state index contributed by atoms with van der Waals surface area (Å²) in [5, 5.41) is 2.35. The van der Waals surface area contributed by atoms with Crippen molar-refractivity contribution in [1.29, 1.82) is 0 Å². The lowest BCUT2D eigenvalue weighted by molar-refractivity contribution is 0.483. The molecule has 0 unspecified atom stereocenters. The molecule has 11 rings (SSSR count). The van der Waals surface area contributed by atoms with Crippen LogP contribution in [0, 0.1) is 0 Å². The Hall–Kier alpha value is -8.11. The van der Waals surface area contributed by atoms with Gasteiger partial charge in [-0.1, -0.05) is 157 Å². The number of rotatable bonds is 8. The van der Waals surface area contributed by atoms with Crippen molar-refractivity contribution in [2.24, 2.45) is 0 Å². The molecule has 10 aromatic rings. The zero-order valence-electron chi connectivity index (χ0n) is 38.8. The van der Waals surface area contributed by atoms with Crippen molar-refractivity contribution in [2.75, 3.05) is 0 Å². The molecule has 2 aromatic heterocycles. The molecule has 0 saturated heterocycles. The third-order valence-electron chi connectivity index (χ3n) is 13.0. The van der Waals surface area contributed by atoms with E-state index < -0.39 is 0 Å². The first-order valence-corrected chi connectivity index (χ1v) is 23.1. The topological polar surface area (TPSA) is 33.1 Å². The van der Waals surface area contributed by atoms with Gasteiger partial charge >= 0.3 is 11.7 Å². The smallest absolute Gasteiger partial charge is 0.457 e. The first-order chi connectivity index (χ1) is 32.5. The molecule has 324 valence electrons. The maximum absolute atomic E-state index is 6.85. The predicted molar refractivity (Wildman–Crippen MR) is 280 cm³/mol. The van der Waals surface area contributed by atoms with Crippen LogP contribution < -0.4 is 13.9 Å². The number of pyridine rings is 1. The van der Waals surface area contributed by atoms with E-state index in [0.29, 0.717) is 0 Å². The highest BCUT2D eigenvalue weighted by Crippen LogP contribution is 2.49. The third-order valence-corrected chi connectivity index (χ3v) is 13.0. The van der Waals surface area contributed by atoms with Gasteiger partial charge in [0.25, 0.3) is 5.69 Å². The Bertz CT molecular complexity index is 3530. The second-order valence-corrected chi connectivity index (χ2v) is 19.5. The molecule has 0 bridgehead atoms. The van der Waals surface area contributed by atoms with E-state index in [1.54, 1.807) is 0 Å². The van der Waals surface area contributed by atoms with Gasteiger partial charge in [-0.15, -0.1) is 0 Å². The highest BCUT2D eigenvalue weighted by Gasteiger charge is 2.40. The summed E-state index contributed by atoms with van der Waals surface area (Å²) < 4.78 is 13.5. The number of aromatic nitrogens is 2. The third kappa shape index (κ3) is 7.64. The van der Waals surface area contributed by atoms with Crippen LogP contribution in [0.2, 0.25) is 0 Å². The van der Waals surface area contributed by atoms with Crippen LogP contribution in [0.1, 0.15) is 52.7 Å². The van der Waals surface area contributed by atoms with E-state index in [9.17, 15) is 0 Å². The van der Waals surface area contributed by atoms with Crippen molar-refractivity contribution in [3.63, 3.8) is 0 Å². The minimum atomic E-state index is -0.0305. The Labute approximate surface area is 392 Å². The molecule has 3 heterocycles. The highest BCUT2D eigenvalue weighted by molar-refractivity contribution is 6.10. The molecule has 0 radical (unpaired) electrons. The summed E-state index contributed by atoms with van der Waals surface area (Å²) in [5.41, 5.74) is 15.6. The second-order valence-electron chi connectivity index (χ2n) is 19.5. The molecule has 5 nitrogen and oxygen atoms in total. The summed E-state index contributed by atoms with van der Waals surface area (Å²) in [6.45, 7) is 13.5. The molecule has 0 atom stereocenters. The average Bonchev–Trinajstić information content (AvgIpc) is 3.90. The number of ether oxygens (including phenoxy) is 1. The van der Waals surface area contributed by atoms with E-state index in [2.05, 4.69) is 255 Å². The van der Waals surface area contributed by atoms with Crippen LogP contribution >= 0.6 is 0 Å². The Morgan fingerprint density at radius 3 is 1.75 bits per heavy atom. The molecule has 0 N–H and O–H groups in total. The van der Waals surface area contributed by atoms with Gasteiger partial charge in [0.05, 0.1) is 22.7 Å². The summed E-state index contributed by atoms with van der Waals surface area (Å²) in [7, 11) is 0. The van der Waals surface area contributed by atoms with Crippen LogP contribution in [-0.4, -0.2) is 15.6 Å². The van der Waals surface area contributed by atoms with Crippen LogP contribution in [0.25, 0.3) is 61.0 Å². The summed E-state index contributed by atoms with van der Waals surface area (Å²) in [6, 6.07) is 74.9. The summed E-state index contributed by atoms with van der Waals surface area (Å²) in [5.74, 6) is 2.35. The molecule has 0 saturated carbocycles. The Morgan fingerprint density at radius 1 is 0.463 bits per heavy atom. The van der Waals surface area contributed by atoms with Crippen LogP contribution in [0.4, 0.5) is 22.7 Å². The lowest BCUT2D eigenvalue weighted by Crippen LogP contribution is -2.12. The molecular formula is C62H52N4O+2. The quantitative estimate of drug-likeness (QED) is 0.143. The molecule has 0 amide bonds. The molecule has 5 heteroatoms. The standard InChI is InChI=1S/C62H52N4O/c1-61(2,3)44-31-34-55-54(37-44)52-33-32-49(40-57(52)66(55)58-38-45(35-36-63-58)62(4,5)6)67-48-26-16-25-47(39-48)64-41-65(46-23-14-9-15-24-46)60-53(29-18-30-56(60)64)59-50(42-19-10-7-11-20-42)27-17-28-51(59)43-21-12-8-13-22-43/h7-40H,1-6H3/q+2. The van der Waals surface area contributed by atoms with Crippen molar-refractivity contribution in [1.82, 2.24) is 18.7 Å². The molecule has 1 aliphatic heterocycles. The van der Waals surface area contributed by atoms with Crippen molar-refractivity contribution in [2.45, 2.75) is 52.4 Å². The van der Waals surface area contributed by atoms with Gasteiger partial charge in [0.15, 0.2) is 0 Å². The summed E-state index contributed by atoms with van der Waals surface area (Å²) in [6.07, 6.45) is 1.93. The van der Waals surface area contributed by atoms with Gasteiger partial charge in [0.1, 0.15) is 17.3 Å². The fraction of sp³-hybridized carbons (Fsp3) is 0.129. The number of hydrogen-bond donors (Lipinski definition) is 0. The lowest BCUT2D eigenvalue weighted by Gasteiger charge is -2.20. The van der Waals surface area contributed by atoms with Crippen molar-refractivity contribution in [3.8, 4) is 50.7 Å². The van der Waals surface area contributed by atoms with Gasteiger partial charge in [0, 0.05) is 52.9 Å². The number of benzene rings is 8. The molecule has 67 heavy (non-hydrogen) atoms. The largest absolute Gasteiger partial charge is 0.503 e. The van der Waals surface area contributed by atoms with E-state index in [1.165, 1.54) is 33.2 Å². The van der Waals surface area contributed by atoms with Crippen LogP contribution in [-0.2, 0) is 10.8 Å². The summed E-state index contributed by atoms with van der Waals surface area (Å²) in [4.78, 5) is 4.95. The van der Waals surface area contributed by atoms with E-state index in [4.69, 9.17) is 9.72 Å². The van der Waals surface area contributed by atoms with Gasteiger partial charge in [-0.05, 0) is 102 Å². The molecule has 1 aliphatic rings. The van der Waals surface area contributed by atoms with Crippen LogP contribution in [0.3, 0.4) is 0 Å². The van der Waals surface area contributed by atoms with Crippen LogP contribution in [0.5, 0.6) is 11.5 Å². The fourth-order valence-electron chi connectivity index (χ4n) is 9.48. The Kier molecular flexibility index (Phi) is 10.2. The zero-order chi connectivity index (χ0) is 45.9. The SMILES string of the molecule is CC(C)(C)c1ccnc(-n2c3ccc(C(C)(C)C)cc3c3ccc(Oc4cccc([N+]5=C=[N+](c6ccccc6)c6c(-c7c(-c8ccccc8)cccc7-c7ccccc7)cccc65)c4)cc32)c1. The monoisotopic (exact) mass is 868 g/mol. The molecule has 0 spiro atoms. The maximum atomic E-state index is 6.85. The average molecular weight is 869 g/mol. The Morgan fingerprint density at radius 2 is 1.06 bits per heavy atom. The van der Waals surface area contributed by atoms with Crippen molar-refractivity contribution < 1.29 is 4.74 Å². The highest BCUT2D eigenvalue weighted by atomic mass is 16.5. The fourth-order valence-corrected chi connectivity index (χ4v) is 9.48.